The Balaban J connectivity index is 2.21. The Morgan fingerprint density at radius 3 is 2.45 bits per heavy atom. The zero-order valence-electron chi connectivity index (χ0n) is 11.3. The predicted octanol–water partition coefficient (Wildman–Crippen LogP) is 3.86. The molecular weight excluding hydrogens is 383 g/mol. The number of nitrogens with one attached hydrogen (secondary N) is 1. The van der Waals surface area contributed by atoms with Crippen LogP contribution >= 0.6 is 34.8 Å². The molecule has 0 spiro atoms. The average molecular weight is 402 g/mol. The highest BCUT2D eigenvalue weighted by molar-refractivity contribution is 14.1. The van der Waals surface area contributed by atoms with Gasteiger partial charge in [0.05, 0.1) is 10.4 Å². The van der Waals surface area contributed by atoms with E-state index in [4.69, 9.17) is 18.0 Å². The molecule has 0 bridgehead atoms. The number of amides is 1. The highest BCUT2D eigenvalue weighted by atomic mass is 127. The average Bonchev–Trinajstić information content (AvgIpc) is 2.65. The van der Waals surface area contributed by atoms with Crippen LogP contribution in [0.25, 0.3) is 0 Å². The van der Waals surface area contributed by atoms with Gasteiger partial charge in [0.2, 0.25) is 5.91 Å². The lowest BCUT2D eigenvalue weighted by atomic mass is 9.79. The minimum Gasteiger partial charge on any atom is -0.392 e. The summed E-state index contributed by atoms with van der Waals surface area (Å²) in [6.45, 7) is 0. The van der Waals surface area contributed by atoms with Gasteiger partial charge in [0.25, 0.3) is 0 Å². The minimum absolute atomic E-state index is 0.0473. The standard InChI is InChI=1S/C15H19IN2OS/c16-11-6-5-7-12(10-11)18-14(19)15(13(17)20)8-3-1-2-4-9-15/h5-7,10H,1-4,8-9H2,(H2,17,20)(H,18,19). The summed E-state index contributed by atoms with van der Waals surface area (Å²) in [5.41, 5.74) is 6.06. The lowest BCUT2D eigenvalue weighted by molar-refractivity contribution is -0.122. The smallest absolute Gasteiger partial charge is 0.237 e. The Kier molecular flexibility index (Phi) is 5.37. The lowest BCUT2D eigenvalue weighted by Gasteiger charge is -2.30. The van der Waals surface area contributed by atoms with Crippen molar-refractivity contribution < 1.29 is 4.79 Å². The second-order valence-corrected chi connectivity index (χ2v) is 7.01. The van der Waals surface area contributed by atoms with Crippen molar-refractivity contribution in [3.05, 3.63) is 27.8 Å². The molecule has 1 amide bonds. The van der Waals surface area contributed by atoms with Crippen molar-refractivity contribution in [3.63, 3.8) is 0 Å². The van der Waals surface area contributed by atoms with E-state index in [9.17, 15) is 4.79 Å². The van der Waals surface area contributed by atoms with Gasteiger partial charge in [-0.15, -0.1) is 0 Å². The van der Waals surface area contributed by atoms with Crippen molar-refractivity contribution in [2.24, 2.45) is 11.1 Å². The van der Waals surface area contributed by atoms with Crippen LogP contribution in [0.3, 0.4) is 0 Å². The van der Waals surface area contributed by atoms with E-state index in [0.717, 1.165) is 47.8 Å². The van der Waals surface area contributed by atoms with E-state index in [-0.39, 0.29) is 5.91 Å². The molecule has 1 aromatic rings. The van der Waals surface area contributed by atoms with Crippen LogP contribution < -0.4 is 11.1 Å². The Bertz CT molecular complexity index is 510. The van der Waals surface area contributed by atoms with Crippen LogP contribution in [-0.2, 0) is 4.79 Å². The normalized spacial score (nSPS) is 18.1. The summed E-state index contributed by atoms with van der Waals surface area (Å²) in [5, 5.41) is 2.99. The summed E-state index contributed by atoms with van der Waals surface area (Å²) in [5.74, 6) is -0.0473. The first-order chi connectivity index (χ1) is 9.54. The van der Waals surface area contributed by atoms with Gasteiger partial charge in [-0.25, -0.2) is 0 Å². The van der Waals surface area contributed by atoms with Crippen molar-refractivity contribution in [1.82, 2.24) is 0 Å². The summed E-state index contributed by atoms with van der Waals surface area (Å²) in [6, 6.07) is 7.76. The predicted molar refractivity (Wildman–Crippen MR) is 94.7 cm³/mol. The third-order valence-electron chi connectivity index (χ3n) is 3.95. The van der Waals surface area contributed by atoms with Gasteiger partial charge in [0.15, 0.2) is 0 Å². The van der Waals surface area contributed by atoms with E-state index in [1.807, 2.05) is 24.3 Å². The van der Waals surface area contributed by atoms with E-state index < -0.39 is 5.41 Å². The van der Waals surface area contributed by atoms with Gasteiger partial charge in [-0.1, -0.05) is 44.0 Å². The highest BCUT2D eigenvalue weighted by Crippen LogP contribution is 2.36. The van der Waals surface area contributed by atoms with Crippen molar-refractivity contribution in [1.29, 1.82) is 0 Å². The number of rotatable bonds is 3. The Morgan fingerprint density at radius 1 is 1.25 bits per heavy atom. The number of anilines is 1. The number of hydrogen-bond acceptors (Lipinski definition) is 2. The number of hydrogen-bond donors (Lipinski definition) is 2. The molecule has 5 heteroatoms. The van der Waals surface area contributed by atoms with Gasteiger partial charge in [0, 0.05) is 9.26 Å². The highest BCUT2D eigenvalue weighted by Gasteiger charge is 2.41. The number of carbonyl (C=O) groups excluding carboxylic acids is 1. The van der Waals surface area contributed by atoms with Gasteiger partial charge in [-0.05, 0) is 53.6 Å². The molecule has 3 N–H and O–H groups in total. The van der Waals surface area contributed by atoms with Crippen molar-refractivity contribution in [2.75, 3.05) is 5.32 Å². The molecule has 0 saturated heterocycles. The molecule has 1 fully saturated rings. The molecule has 20 heavy (non-hydrogen) atoms. The molecule has 0 aromatic heterocycles. The van der Waals surface area contributed by atoms with E-state index in [1.165, 1.54) is 0 Å². The van der Waals surface area contributed by atoms with Crippen LogP contribution in [0.2, 0.25) is 0 Å². The number of benzene rings is 1. The molecule has 0 aliphatic heterocycles. The molecule has 3 nitrogen and oxygen atoms in total. The molecule has 0 atom stereocenters. The molecule has 2 rings (SSSR count). The quantitative estimate of drug-likeness (QED) is 0.459. The van der Waals surface area contributed by atoms with E-state index in [0.29, 0.717) is 4.99 Å². The fourth-order valence-corrected chi connectivity index (χ4v) is 3.57. The van der Waals surface area contributed by atoms with Gasteiger partial charge in [0.1, 0.15) is 0 Å². The third kappa shape index (κ3) is 3.49. The first kappa shape index (κ1) is 15.7. The summed E-state index contributed by atoms with van der Waals surface area (Å²) in [7, 11) is 0. The Hall–Kier alpha value is -0.690. The number of nitrogens with two attached hydrogens (primary N) is 1. The molecule has 1 aliphatic rings. The topological polar surface area (TPSA) is 55.1 Å². The fraction of sp³-hybridized carbons (Fsp3) is 0.467. The van der Waals surface area contributed by atoms with Gasteiger partial charge >= 0.3 is 0 Å². The SMILES string of the molecule is NC(=S)C1(C(=O)Nc2cccc(I)c2)CCCCCC1. The Morgan fingerprint density at radius 2 is 1.90 bits per heavy atom. The fourth-order valence-electron chi connectivity index (χ4n) is 2.73. The van der Waals surface area contributed by atoms with Crippen LogP contribution in [-0.4, -0.2) is 10.9 Å². The van der Waals surface area contributed by atoms with E-state index in [2.05, 4.69) is 27.9 Å². The third-order valence-corrected chi connectivity index (χ3v) is 5.01. The van der Waals surface area contributed by atoms with Gasteiger partial charge < -0.3 is 11.1 Å². The van der Waals surface area contributed by atoms with Crippen LogP contribution in [0.15, 0.2) is 24.3 Å². The number of thiocarbonyl (C=S) groups is 1. The molecule has 0 heterocycles. The molecule has 1 saturated carbocycles. The van der Waals surface area contributed by atoms with Crippen LogP contribution in [0.5, 0.6) is 0 Å². The zero-order valence-corrected chi connectivity index (χ0v) is 14.3. The summed E-state index contributed by atoms with van der Waals surface area (Å²) >= 11 is 7.45. The maximum absolute atomic E-state index is 12.7. The molecule has 1 aromatic carbocycles. The second kappa shape index (κ2) is 6.85. The van der Waals surface area contributed by atoms with Gasteiger partial charge in [-0.3, -0.25) is 4.79 Å². The maximum atomic E-state index is 12.7. The first-order valence-corrected chi connectivity index (χ1v) is 8.40. The summed E-state index contributed by atoms with van der Waals surface area (Å²) in [4.78, 5) is 13.0. The van der Waals surface area contributed by atoms with Crippen molar-refractivity contribution in [2.45, 2.75) is 38.5 Å². The molecular formula is C15H19IN2OS. The first-order valence-electron chi connectivity index (χ1n) is 6.91. The monoisotopic (exact) mass is 402 g/mol. The summed E-state index contributed by atoms with van der Waals surface area (Å²) in [6.07, 6.45) is 5.85. The van der Waals surface area contributed by atoms with Crippen LogP contribution in [0.1, 0.15) is 38.5 Å². The molecule has 0 unspecified atom stereocenters. The number of halogens is 1. The van der Waals surface area contributed by atoms with E-state index in [1.54, 1.807) is 0 Å². The molecule has 0 radical (unpaired) electrons. The maximum Gasteiger partial charge on any atom is 0.237 e. The lowest BCUT2D eigenvalue weighted by Crippen LogP contribution is -2.45. The molecule has 108 valence electrons. The van der Waals surface area contributed by atoms with Crippen LogP contribution in [0, 0.1) is 8.99 Å². The second-order valence-electron chi connectivity index (χ2n) is 5.33. The summed E-state index contributed by atoms with van der Waals surface area (Å²) < 4.78 is 1.09. The Labute approximate surface area is 138 Å². The minimum atomic E-state index is -0.674. The van der Waals surface area contributed by atoms with Crippen molar-refractivity contribution >= 4 is 51.4 Å². The largest absolute Gasteiger partial charge is 0.392 e. The van der Waals surface area contributed by atoms with Crippen LogP contribution in [0.4, 0.5) is 5.69 Å². The van der Waals surface area contributed by atoms with E-state index >= 15 is 0 Å². The van der Waals surface area contributed by atoms with Crippen molar-refractivity contribution in [3.8, 4) is 0 Å². The molecule has 1 aliphatic carbocycles. The zero-order chi connectivity index (χ0) is 14.6. The number of carbonyl (C=O) groups is 1. The van der Waals surface area contributed by atoms with Gasteiger partial charge in [-0.2, -0.15) is 0 Å².